The fourth-order valence-corrected chi connectivity index (χ4v) is 24.5. The molecule has 29 heavy (non-hydrogen) atoms. The molecular weight excluding hydrogens is 428 g/mol. The molecule has 0 spiro atoms. The van der Waals surface area contributed by atoms with Crippen LogP contribution in [0.3, 0.4) is 0 Å². The summed E-state index contributed by atoms with van der Waals surface area (Å²) in [4.78, 5) is 0. The van der Waals surface area contributed by atoms with Crippen molar-refractivity contribution in [1.82, 2.24) is 0 Å². The van der Waals surface area contributed by atoms with E-state index in [4.69, 9.17) is 0 Å². The fourth-order valence-electron chi connectivity index (χ4n) is 6.61. The second-order valence-electron chi connectivity index (χ2n) is 9.38. The molecule has 0 bridgehead atoms. The zero-order valence-electron chi connectivity index (χ0n) is 17.9. The predicted octanol–water partition coefficient (Wildman–Crippen LogP) is 8.34. The first-order chi connectivity index (χ1) is 14.1. The van der Waals surface area contributed by atoms with E-state index in [1.807, 2.05) is 0 Å². The summed E-state index contributed by atoms with van der Waals surface area (Å²) in [5, 5.41) is 0. The molecule has 146 valence electrons. The molecule has 3 aromatic rings. The molecule has 1 unspecified atom stereocenters. The van der Waals surface area contributed by atoms with E-state index in [-0.39, 0.29) is 0 Å². The standard InChI is InChI=1S/C13H9.C9H7.2C3H7.Zr/c1-3-7-12-10(5-1)9-11-6-2-4-8-13(11)12;1-2-5-9-7-3-6-8(9)4-1;2*1-3-2;/h1-9H;1-7H;2*3H,1-2H3;. The van der Waals surface area contributed by atoms with Crippen LogP contribution in [0.25, 0.3) is 17.2 Å². The van der Waals surface area contributed by atoms with Gasteiger partial charge in [-0.15, -0.1) is 0 Å². The maximum absolute atomic E-state index is 2.96. The van der Waals surface area contributed by atoms with Crippen LogP contribution in [-0.4, -0.2) is 0 Å². The van der Waals surface area contributed by atoms with E-state index < -0.39 is 20.3 Å². The van der Waals surface area contributed by atoms with Gasteiger partial charge in [-0.3, -0.25) is 0 Å². The predicted molar refractivity (Wildman–Crippen MR) is 122 cm³/mol. The zero-order chi connectivity index (χ0) is 20.2. The van der Waals surface area contributed by atoms with Crippen LogP contribution in [0.2, 0.25) is 7.25 Å². The molecule has 0 aliphatic heterocycles. The molecule has 0 nitrogen and oxygen atoms in total. The molecule has 0 fully saturated rings. The minimum absolute atomic E-state index is 0.609. The van der Waals surface area contributed by atoms with Crippen LogP contribution >= 0.6 is 0 Å². The van der Waals surface area contributed by atoms with Gasteiger partial charge in [-0.2, -0.15) is 0 Å². The van der Waals surface area contributed by atoms with Crippen LogP contribution in [-0.2, 0) is 20.3 Å². The van der Waals surface area contributed by atoms with E-state index in [0.29, 0.717) is 7.25 Å². The Balaban J connectivity index is 1.81. The van der Waals surface area contributed by atoms with Gasteiger partial charge in [-0.1, -0.05) is 0 Å². The van der Waals surface area contributed by atoms with Gasteiger partial charge >= 0.3 is 181 Å². The van der Waals surface area contributed by atoms with Crippen molar-refractivity contribution in [3.05, 3.63) is 101 Å². The van der Waals surface area contributed by atoms with Crippen LogP contribution in [0.5, 0.6) is 0 Å². The van der Waals surface area contributed by atoms with E-state index >= 15 is 0 Å². The van der Waals surface area contributed by atoms with E-state index in [1.165, 1.54) is 16.7 Å². The minimum atomic E-state index is -2.96. The summed E-state index contributed by atoms with van der Waals surface area (Å²) in [6.45, 7) is 10.1. The Hall–Kier alpha value is -1.72. The van der Waals surface area contributed by atoms with Crippen molar-refractivity contribution in [1.29, 1.82) is 0 Å². The number of allylic oxidation sites excluding steroid dienone is 1. The molecule has 1 heteroatoms. The molecule has 0 saturated carbocycles. The summed E-state index contributed by atoms with van der Waals surface area (Å²) in [5.41, 5.74) is 9.19. The van der Waals surface area contributed by atoms with Crippen LogP contribution in [0, 0.1) is 0 Å². The van der Waals surface area contributed by atoms with Gasteiger partial charge in [-0.05, 0) is 0 Å². The van der Waals surface area contributed by atoms with E-state index in [9.17, 15) is 0 Å². The second kappa shape index (κ2) is 7.21. The average molecular weight is 458 g/mol. The first-order valence-electron chi connectivity index (χ1n) is 11.0. The third-order valence-electron chi connectivity index (χ3n) is 7.67. The molecule has 0 heterocycles. The molecule has 0 radical (unpaired) electrons. The van der Waals surface area contributed by atoms with Crippen molar-refractivity contribution in [2.24, 2.45) is 0 Å². The zero-order valence-corrected chi connectivity index (χ0v) is 20.4. The monoisotopic (exact) mass is 456 g/mol. The summed E-state index contributed by atoms with van der Waals surface area (Å²) in [6.07, 6.45) is 4.99. The first-order valence-corrected chi connectivity index (χ1v) is 16.7. The Morgan fingerprint density at radius 1 is 0.621 bits per heavy atom. The van der Waals surface area contributed by atoms with E-state index in [1.54, 1.807) is 16.7 Å². The second-order valence-corrected chi connectivity index (χ2v) is 22.9. The number of hydrogen-bond acceptors (Lipinski definition) is 0. The molecule has 3 aromatic carbocycles. The third-order valence-corrected chi connectivity index (χ3v) is 25.4. The van der Waals surface area contributed by atoms with Gasteiger partial charge in [-0.25, -0.2) is 0 Å². The summed E-state index contributed by atoms with van der Waals surface area (Å²) in [5.74, 6) is 0. The average Bonchev–Trinajstić information content (AvgIpc) is 3.29. The van der Waals surface area contributed by atoms with Gasteiger partial charge in [0.15, 0.2) is 0 Å². The van der Waals surface area contributed by atoms with Crippen molar-refractivity contribution in [2.75, 3.05) is 0 Å². The van der Waals surface area contributed by atoms with Gasteiger partial charge in [0.25, 0.3) is 0 Å². The topological polar surface area (TPSA) is 0 Å². The Kier molecular flexibility index (Phi) is 4.79. The first kappa shape index (κ1) is 19.3. The number of fused-ring (bicyclic) bond motifs is 4. The fraction of sp³-hybridized carbons (Fsp3) is 0.286. The maximum atomic E-state index is 2.59. The van der Waals surface area contributed by atoms with Crippen molar-refractivity contribution in [3.8, 4) is 11.1 Å². The Morgan fingerprint density at radius 3 is 1.66 bits per heavy atom. The number of benzene rings is 3. The van der Waals surface area contributed by atoms with E-state index in [0.717, 1.165) is 7.25 Å². The molecule has 0 amide bonds. The summed E-state index contributed by atoms with van der Waals surface area (Å²) in [6, 6.07) is 27.6. The van der Waals surface area contributed by atoms with Crippen molar-refractivity contribution < 1.29 is 20.3 Å². The van der Waals surface area contributed by atoms with Crippen LogP contribution in [0.1, 0.15) is 57.2 Å². The van der Waals surface area contributed by atoms with Crippen LogP contribution in [0.15, 0.2) is 78.9 Å². The molecule has 1 atom stereocenters. The van der Waals surface area contributed by atoms with Gasteiger partial charge in [0.1, 0.15) is 0 Å². The Labute approximate surface area is 180 Å². The summed E-state index contributed by atoms with van der Waals surface area (Å²) >= 11 is -2.96. The molecule has 2 aliphatic rings. The van der Waals surface area contributed by atoms with Gasteiger partial charge in [0.2, 0.25) is 0 Å². The summed E-state index contributed by atoms with van der Waals surface area (Å²) < 4.78 is 2.73. The van der Waals surface area contributed by atoms with Gasteiger partial charge < -0.3 is 0 Å². The quantitative estimate of drug-likeness (QED) is 0.369. The molecule has 0 saturated heterocycles. The molecule has 5 rings (SSSR count). The Morgan fingerprint density at radius 2 is 1.10 bits per heavy atom. The van der Waals surface area contributed by atoms with Crippen molar-refractivity contribution in [2.45, 2.75) is 42.2 Å². The normalized spacial score (nSPS) is 17.7. The van der Waals surface area contributed by atoms with Gasteiger partial charge in [0, 0.05) is 0 Å². The van der Waals surface area contributed by atoms with E-state index in [2.05, 4.69) is 113 Å². The molecule has 0 N–H and O–H groups in total. The van der Waals surface area contributed by atoms with Gasteiger partial charge in [0.05, 0.1) is 0 Å². The Bertz CT molecular complexity index is 1040. The number of hydrogen-bond donors (Lipinski definition) is 0. The SMILES string of the molecule is C[CH](C)[Zr]([CH](C)C)([CH]1C=Cc2ccccc21)[CH]1c2ccccc2-c2ccccc21. The summed E-state index contributed by atoms with van der Waals surface area (Å²) in [7, 11) is 0. The third kappa shape index (κ3) is 2.66. The van der Waals surface area contributed by atoms with Crippen LogP contribution < -0.4 is 0 Å². The molecular formula is C28H30Zr. The van der Waals surface area contributed by atoms with Crippen LogP contribution in [0.4, 0.5) is 0 Å². The number of rotatable bonds is 4. The van der Waals surface area contributed by atoms with Crippen molar-refractivity contribution >= 4 is 6.08 Å². The molecule has 0 aromatic heterocycles. The van der Waals surface area contributed by atoms with Crippen molar-refractivity contribution in [3.63, 3.8) is 0 Å². The molecule has 2 aliphatic carbocycles.